The molecule has 2 N–H and O–H groups in total. The van der Waals surface area contributed by atoms with Crippen molar-refractivity contribution in [2.75, 3.05) is 0 Å². The van der Waals surface area contributed by atoms with Crippen LogP contribution in [0.4, 0.5) is 0 Å². The summed E-state index contributed by atoms with van der Waals surface area (Å²) in [6.07, 6.45) is 0.0494. The average molecular weight is 294 g/mol. The summed E-state index contributed by atoms with van der Waals surface area (Å²) in [7, 11) is 0. The van der Waals surface area contributed by atoms with E-state index < -0.39 is 12.0 Å². The Balaban J connectivity index is 1.99. The minimum absolute atomic E-state index is 0.0494. The van der Waals surface area contributed by atoms with Crippen LogP contribution in [0.15, 0.2) is 21.9 Å². The zero-order valence-corrected chi connectivity index (χ0v) is 11.9. The number of hydrogen-bond donors (Lipinski definition) is 2. The maximum absolute atomic E-state index is 11.6. The highest BCUT2D eigenvalue weighted by Crippen LogP contribution is 2.25. The van der Waals surface area contributed by atoms with Gasteiger partial charge < -0.3 is 14.8 Å². The van der Waals surface area contributed by atoms with Gasteiger partial charge in [0.25, 0.3) is 0 Å². The van der Waals surface area contributed by atoms with Gasteiger partial charge in [0.15, 0.2) is 10.8 Å². The molecule has 0 aliphatic rings. The van der Waals surface area contributed by atoms with Crippen LogP contribution in [0, 0.1) is 6.92 Å². The van der Waals surface area contributed by atoms with Gasteiger partial charge in [0.05, 0.1) is 12.1 Å². The molecule has 7 heteroatoms. The quantitative estimate of drug-likeness (QED) is 0.877. The van der Waals surface area contributed by atoms with Gasteiger partial charge >= 0.3 is 5.97 Å². The monoisotopic (exact) mass is 294 g/mol. The van der Waals surface area contributed by atoms with Gasteiger partial charge in [-0.05, 0) is 26.0 Å². The number of carboxylic acids is 1. The summed E-state index contributed by atoms with van der Waals surface area (Å²) in [4.78, 5) is 26.6. The Labute approximate surface area is 119 Å². The van der Waals surface area contributed by atoms with E-state index in [1.54, 1.807) is 5.38 Å². The Bertz CT molecular complexity index is 632. The number of carbonyl (C=O) groups is 2. The van der Waals surface area contributed by atoms with E-state index in [4.69, 9.17) is 9.52 Å². The van der Waals surface area contributed by atoms with Crippen molar-refractivity contribution >= 4 is 23.2 Å². The lowest BCUT2D eigenvalue weighted by Gasteiger charge is -2.07. The van der Waals surface area contributed by atoms with E-state index in [0.29, 0.717) is 16.5 Å². The first kappa shape index (κ1) is 14.3. The van der Waals surface area contributed by atoms with Crippen LogP contribution in [0.25, 0.3) is 10.8 Å². The second kappa shape index (κ2) is 5.87. The van der Waals surface area contributed by atoms with Gasteiger partial charge in [-0.1, -0.05) is 0 Å². The lowest BCUT2D eigenvalue weighted by Crippen LogP contribution is -2.39. The Morgan fingerprint density at radius 1 is 1.50 bits per heavy atom. The SMILES string of the molecule is Cc1ccc(-c2nc(CC(=O)N[C@@H](C)C(=O)O)cs2)o1. The summed E-state index contributed by atoms with van der Waals surface area (Å²) < 4.78 is 5.45. The molecule has 0 fully saturated rings. The van der Waals surface area contributed by atoms with Crippen LogP contribution in [-0.2, 0) is 16.0 Å². The molecule has 1 amide bonds. The number of furan rings is 1. The van der Waals surface area contributed by atoms with Crippen LogP contribution < -0.4 is 5.32 Å². The maximum atomic E-state index is 11.6. The van der Waals surface area contributed by atoms with Crippen molar-refractivity contribution < 1.29 is 19.1 Å². The van der Waals surface area contributed by atoms with E-state index in [-0.39, 0.29) is 12.3 Å². The zero-order valence-electron chi connectivity index (χ0n) is 11.0. The number of carboxylic acid groups (broad SMARTS) is 1. The predicted molar refractivity (Wildman–Crippen MR) is 73.5 cm³/mol. The zero-order chi connectivity index (χ0) is 14.7. The predicted octanol–water partition coefficient (Wildman–Crippen LogP) is 1.84. The second-order valence-electron chi connectivity index (χ2n) is 4.36. The van der Waals surface area contributed by atoms with Crippen molar-refractivity contribution in [3.05, 3.63) is 29.0 Å². The van der Waals surface area contributed by atoms with Crippen molar-refractivity contribution in [1.82, 2.24) is 10.3 Å². The van der Waals surface area contributed by atoms with Crippen LogP contribution in [0.2, 0.25) is 0 Å². The molecule has 0 saturated carbocycles. The van der Waals surface area contributed by atoms with Gasteiger partial charge in [-0.25, -0.2) is 4.98 Å². The molecule has 1 atom stereocenters. The minimum Gasteiger partial charge on any atom is -0.480 e. The van der Waals surface area contributed by atoms with Crippen molar-refractivity contribution in [2.24, 2.45) is 0 Å². The third kappa shape index (κ3) is 3.45. The molecule has 0 saturated heterocycles. The standard InChI is InChI=1S/C13H14N2O4S/c1-7-3-4-10(19-7)12-15-9(6-20-12)5-11(16)14-8(2)13(17)18/h3-4,6,8H,5H2,1-2H3,(H,14,16)(H,17,18)/t8-/m0/s1. The smallest absolute Gasteiger partial charge is 0.325 e. The molecule has 0 radical (unpaired) electrons. The number of carbonyl (C=O) groups excluding carboxylic acids is 1. The van der Waals surface area contributed by atoms with Gasteiger partial charge in [0.2, 0.25) is 5.91 Å². The fraction of sp³-hybridized carbons (Fsp3) is 0.308. The van der Waals surface area contributed by atoms with Gasteiger partial charge in [0.1, 0.15) is 11.8 Å². The van der Waals surface area contributed by atoms with Crippen LogP contribution in [0.3, 0.4) is 0 Å². The average Bonchev–Trinajstić information content (AvgIpc) is 2.97. The largest absolute Gasteiger partial charge is 0.480 e. The van der Waals surface area contributed by atoms with Gasteiger partial charge in [0, 0.05) is 5.38 Å². The number of aryl methyl sites for hydroxylation is 1. The first-order valence-electron chi connectivity index (χ1n) is 5.99. The highest BCUT2D eigenvalue weighted by molar-refractivity contribution is 7.13. The Morgan fingerprint density at radius 2 is 2.25 bits per heavy atom. The van der Waals surface area contributed by atoms with Crippen LogP contribution >= 0.6 is 11.3 Å². The normalized spacial score (nSPS) is 12.1. The van der Waals surface area contributed by atoms with Crippen molar-refractivity contribution in [3.63, 3.8) is 0 Å². The third-order valence-corrected chi connectivity index (χ3v) is 3.50. The number of amides is 1. The summed E-state index contributed by atoms with van der Waals surface area (Å²) in [6.45, 7) is 3.26. The number of nitrogens with one attached hydrogen (secondary N) is 1. The lowest BCUT2D eigenvalue weighted by atomic mass is 10.3. The fourth-order valence-corrected chi connectivity index (χ4v) is 2.35. The highest BCUT2D eigenvalue weighted by atomic mass is 32.1. The van der Waals surface area contributed by atoms with Gasteiger partial charge in [-0.15, -0.1) is 11.3 Å². The molecule has 0 unspecified atom stereocenters. The van der Waals surface area contributed by atoms with Crippen LogP contribution in [-0.4, -0.2) is 28.0 Å². The molecule has 2 rings (SSSR count). The summed E-state index contributed by atoms with van der Waals surface area (Å²) >= 11 is 1.38. The van der Waals surface area contributed by atoms with E-state index in [2.05, 4.69) is 10.3 Å². The molecular weight excluding hydrogens is 280 g/mol. The van der Waals surface area contributed by atoms with E-state index in [1.165, 1.54) is 18.3 Å². The maximum Gasteiger partial charge on any atom is 0.325 e. The van der Waals surface area contributed by atoms with E-state index in [9.17, 15) is 9.59 Å². The highest BCUT2D eigenvalue weighted by Gasteiger charge is 2.16. The topological polar surface area (TPSA) is 92.4 Å². The number of aromatic nitrogens is 1. The Morgan fingerprint density at radius 3 is 2.85 bits per heavy atom. The Kier molecular flexibility index (Phi) is 4.19. The van der Waals surface area contributed by atoms with Crippen LogP contribution in [0.1, 0.15) is 18.4 Å². The first-order valence-corrected chi connectivity index (χ1v) is 6.87. The molecular formula is C13H14N2O4S. The molecule has 2 aromatic rings. The molecule has 2 heterocycles. The van der Waals surface area contributed by atoms with Crippen molar-refractivity contribution in [2.45, 2.75) is 26.3 Å². The molecule has 0 aliphatic carbocycles. The third-order valence-electron chi connectivity index (χ3n) is 2.59. The molecule has 20 heavy (non-hydrogen) atoms. The van der Waals surface area contributed by atoms with E-state index in [0.717, 1.165) is 5.76 Å². The molecule has 0 aliphatic heterocycles. The number of aliphatic carboxylic acids is 1. The van der Waals surface area contributed by atoms with E-state index in [1.807, 2.05) is 19.1 Å². The number of nitrogens with zero attached hydrogens (tertiary/aromatic N) is 1. The molecule has 0 spiro atoms. The lowest BCUT2D eigenvalue weighted by molar-refractivity contribution is -0.141. The minimum atomic E-state index is -1.07. The van der Waals surface area contributed by atoms with Crippen molar-refractivity contribution in [1.29, 1.82) is 0 Å². The molecule has 0 bridgehead atoms. The van der Waals surface area contributed by atoms with Gasteiger partial charge in [-0.2, -0.15) is 0 Å². The molecule has 106 valence electrons. The number of hydrogen-bond acceptors (Lipinski definition) is 5. The molecule has 0 aromatic carbocycles. The fourth-order valence-electron chi connectivity index (χ4n) is 1.57. The van der Waals surface area contributed by atoms with E-state index >= 15 is 0 Å². The first-order chi connectivity index (χ1) is 9.45. The summed E-state index contributed by atoms with van der Waals surface area (Å²) in [5.41, 5.74) is 0.592. The molecule has 2 aromatic heterocycles. The van der Waals surface area contributed by atoms with Crippen molar-refractivity contribution in [3.8, 4) is 10.8 Å². The summed E-state index contributed by atoms with van der Waals surface area (Å²) in [5.74, 6) is 0.0265. The Hall–Kier alpha value is -2.15. The summed E-state index contributed by atoms with van der Waals surface area (Å²) in [5, 5.41) is 13.6. The summed E-state index contributed by atoms with van der Waals surface area (Å²) in [6, 6.07) is 2.76. The van der Waals surface area contributed by atoms with Gasteiger partial charge in [-0.3, -0.25) is 9.59 Å². The number of thiazole rings is 1. The second-order valence-corrected chi connectivity index (χ2v) is 5.22. The van der Waals surface area contributed by atoms with Crippen LogP contribution in [0.5, 0.6) is 0 Å². The number of rotatable bonds is 5. The molecule has 6 nitrogen and oxygen atoms in total.